The first kappa shape index (κ1) is 7.17. The highest BCUT2D eigenvalue weighted by Gasteiger charge is 1.97. The molecule has 8 heavy (non-hydrogen) atoms. The van der Waals surface area contributed by atoms with E-state index in [0.29, 0.717) is 5.39 Å². The maximum absolute atomic E-state index is 7.82. The van der Waals surface area contributed by atoms with Crippen LogP contribution in [-0.4, -0.2) is 19.6 Å². The van der Waals surface area contributed by atoms with Gasteiger partial charge in [0.15, 0.2) is 0 Å². The van der Waals surface area contributed by atoms with E-state index in [1.54, 1.807) is 0 Å². The smallest absolute Gasteiger partial charge is 0.273 e. The Bertz CT molecular complexity index is 85.0. The lowest BCUT2D eigenvalue weighted by molar-refractivity contribution is -0.488. The summed E-state index contributed by atoms with van der Waals surface area (Å²) in [5, 5.41) is 8.39. The van der Waals surface area contributed by atoms with Crippen molar-refractivity contribution < 1.29 is 14.5 Å². The van der Waals surface area contributed by atoms with Gasteiger partial charge in [-0.05, 0) is 0 Å². The molecule has 46 valence electrons. The molecule has 0 saturated heterocycles. The SMILES string of the molecule is CON(OC)OC#N. The summed E-state index contributed by atoms with van der Waals surface area (Å²) >= 11 is 0. The van der Waals surface area contributed by atoms with E-state index in [9.17, 15) is 0 Å². The Kier molecular flexibility index (Phi) is 3.88. The topological polar surface area (TPSA) is 54.7 Å². The van der Waals surface area contributed by atoms with Crippen molar-refractivity contribution in [1.29, 1.82) is 5.26 Å². The van der Waals surface area contributed by atoms with Gasteiger partial charge in [-0.15, -0.1) is 5.26 Å². The number of rotatable bonds is 3. The zero-order valence-electron chi connectivity index (χ0n) is 4.62. The molecule has 0 amide bonds. The molecule has 0 aromatic rings. The van der Waals surface area contributed by atoms with Crippen LogP contribution in [0.4, 0.5) is 0 Å². The van der Waals surface area contributed by atoms with Crippen molar-refractivity contribution in [1.82, 2.24) is 5.39 Å². The summed E-state index contributed by atoms with van der Waals surface area (Å²) in [6.07, 6.45) is 1.35. The molecule has 0 aliphatic heterocycles. The van der Waals surface area contributed by atoms with Gasteiger partial charge >= 0.3 is 6.26 Å². The van der Waals surface area contributed by atoms with Gasteiger partial charge in [-0.25, -0.2) is 9.68 Å². The molecule has 0 spiro atoms. The largest absolute Gasteiger partial charge is 0.311 e. The Balaban J connectivity index is 3.25. The summed E-state index contributed by atoms with van der Waals surface area (Å²) < 4.78 is 0. The van der Waals surface area contributed by atoms with Crippen molar-refractivity contribution in [3.8, 4) is 6.26 Å². The summed E-state index contributed by atoms with van der Waals surface area (Å²) in [6.45, 7) is 0. The van der Waals surface area contributed by atoms with Gasteiger partial charge in [0.25, 0.3) is 0 Å². The molecule has 0 saturated carbocycles. The second-order valence-electron chi connectivity index (χ2n) is 0.771. The first-order valence-corrected chi connectivity index (χ1v) is 1.79. The van der Waals surface area contributed by atoms with E-state index in [-0.39, 0.29) is 0 Å². The molecule has 0 aliphatic rings. The number of nitriles is 1. The average molecular weight is 118 g/mol. The van der Waals surface area contributed by atoms with Gasteiger partial charge < -0.3 is 0 Å². The maximum Gasteiger partial charge on any atom is 0.311 e. The van der Waals surface area contributed by atoms with Crippen LogP contribution < -0.4 is 0 Å². The molecule has 5 heteroatoms. The molecule has 0 fully saturated rings. The van der Waals surface area contributed by atoms with Gasteiger partial charge in [0.05, 0.1) is 14.2 Å². The Morgan fingerprint density at radius 1 is 1.38 bits per heavy atom. The highest BCUT2D eigenvalue weighted by molar-refractivity contribution is 4.38. The molecule has 0 heterocycles. The van der Waals surface area contributed by atoms with E-state index in [4.69, 9.17) is 5.26 Å². The van der Waals surface area contributed by atoms with Gasteiger partial charge in [-0.2, -0.15) is 0 Å². The summed E-state index contributed by atoms with van der Waals surface area (Å²) in [5.41, 5.74) is 0. The summed E-state index contributed by atoms with van der Waals surface area (Å²) in [5.74, 6) is 0. The molecule has 0 unspecified atom stereocenters. The van der Waals surface area contributed by atoms with E-state index in [0.717, 1.165) is 0 Å². The first-order chi connectivity index (χ1) is 3.85. The number of hydrogen-bond acceptors (Lipinski definition) is 5. The minimum atomic E-state index is 0.569. The molecule has 0 bridgehead atoms. The molecular weight excluding hydrogens is 112 g/mol. The van der Waals surface area contributed by atoms with Crippen LogP contribution in [0.1, 0.15) is 0 Å². The van der Waals surface area contributed by atoms with Crippen LogP contribution in [0.15, 0.2) is 0 Å². The van der Waals surface area contributed by atoms with Crippen molar-refractivity contribution in [3.05, 3.63) is 0 Å². The van der Waals surface area contributed by atoms with Gasteiger partial charge in [-0.1, -0.05) is 0 Å². The van der Waals surface area contributed by atoms with Crippen LogP contribution in [0.2, 0.25) is 0 Å². The third-order valence-electron chi connectivity index (χ3n) is 0.414. The first-order valence-electron chi connectivity index (χ1n) is 1.79. The third kappa shape index (κ3) is 2.36. The lowest BCUT2D eigenvalue weighted by Gasteiger charge is -2.07. The fourth-order valence-corrected chi connectivity index (χ4v) is 0.182. The molecule has 0 aromatic carbocycles. The minimum absolute atomic E-state index is 0.569. The predicted octanol–water partition coefficient (Wildman–Crippen LogP) is -0.176. The average Bonchev–Trinajstić information content (AvgIpc) is 1.83. The molecule has 5 nitrogen and oxygen atoms in total. The summed E-state index contributed by atoms with van der Waals surface area (Å²) in [4.78, 5) is 12.6. The van der Waals surface area contributed by atoms with Crippen molar-refractivity contribution in [2.24, 2.45) is 0 Å². The highest BCUT2D eigenvalue weighted by Crippen LogP contribution is 1.85. The second kappa shape index (κ2) is 4.33. The molecular formula is C3H6N2O3. The van der Waals surface area contributed by atoms with E-state index in [2.05, 4.69) is 14.5 Å². The van der Waals surface area contributed by atoms with Crippen molar-refractivity contribution in [3.63, 3.8) is 0 Å². The van der Waals surface area contributed by atoms with Crippen LogP contribution in [0.5, 0.6) is 0 Å². The Morgan fingerprint density at radius 3 is 2.00 bits per heavy atom. The molecule has 0 aromatic heterocycles. The Labute approximate surface area is 46.8 Å². The quantitative estimate of drug-likeness (QED) is 0.380. The normalized spacial score (nSPS) is 8.75. The molecule has 0 aliphatic carbocycles. The van der Waals surface area contributed by atoms with Crippen molar-refractivity contribution in [2.45, 2.75) is 0 Å². The minimum Gasteiger partial charge on any atom is -0.273 e. The number of nitrogens with zero attached hydrogens (tertiary/aromatic N) is 2. The highest BCUT2D eigenvalue weighted by atomic mass is 17.2. The van der Waals surface area contributed by atoms with Gasteiger partial charge in [0, 0.05) is 0 Å². The lowest BCUT2D eigenvalue weighted by Crippen LogP contribution is -2.18. The van der Waals surface area contributed by atoms with E-state index in [1.807, 2.05) is 0 Å². The zero-order valence-corrected chi connectivity index (χ0v) is 4.62. The van der Waals surface area contributed by atoms with Crippen LogP contribution in [-0.2, 0) is 14.5 Å². The second-order valence-corrected chi connectivity index (χ2v) is 0.771. The zero-order chi connectivity index (χ0) is 6.41. The fraction of sp³-hybridized carbons (Fsp3) is 0.667. The monoisotopic (exact) mass is 118 g/mol. The van der Waals surface area contributed by atoms with Crippen LogP contribution in [0, 0.1) is 11.5 Å². The molecule has 0 N–H and O–H groups in total. The van der Waals surface area contributed by atoms with Crippen molar-refractivity contribution >= 4 is 0 Å². The summed E-state index contributed by atoms with van der Waals surface area (Å²) in [7, 11) is 2.61. The number of hydrogen-bond donors (Lipinski definition) is 0. The van der Waals surface area contributed by atoms with Crippen LogP contribution >= 0.6 is 0 Å². The fourth-order valence-electron chi connectivity index (χ4n) is 0.182. The third-order valence-corrected chi connectivity index (χ3v) is 0.414. The molecule has 0 atom stereocenters. The standard InChI is InChI=1S/C3H6N2O3/c1-6-5(7-2)8-3-4/h1-2H3. The van der Waals surface area contributed by atoms with Crippen LogP contribution in [0.3, 0.4) is 0 Å². The molecule has 0 radical (unpaired) electrons. The molecule has 0 rings (SSSR count). The maximum atomic E-state index is 7.82. The van der Waals surface area contributed by atoms with E-state index < -0.39 is 0 Å². The lowest BCUT2D eigenvalue weighted by atomic mass is 11.6. The van der Waals surface area contributed by atoms with E-state index in [1.165, 1.54) is 20.5 Å². The predicted molar refractivity (Wildman–Crippen MR) is 22.6 cm³/mol. The van der Waals surface area contributed by atoms with Crippen LogP contribution in [0.25, 0.3) is 0 Å². The summed E-state index contributed by atoms with van der Waals surface area (Å²) in [6, 6.07) is 0. The van der Waals surface area contributed by atoms with Gasteiger partial charge in [-0.3, -0.25) is 4.84 Å². The van der Waals surface area contributed by atoms with E-state index >= 15 is 0 Å². The van der Waals surface area contributed by atoms with Gasteiger partial charge in [0.2, 0.25) is 0 Å². The van der Waals surface area contributed by atoms with Gasteiger partial charge in [0.1, 0.15) is 5.39 Å². The Hall–Kier alpha value is -0.830. The van der Waals surface area contributed by atoms with Crippen molar-refractivity contribution in [2.75, 3.05) is 14.2 Å². The Morgan fingerprint density at radius 2 is 1.88 bits per heavy atom.